The number of amides is 2. The van der Waals surface area contributed by atoms with Crippen molar-refractivity contribution >= 4 is 23.4 Å². The molecule has 1 aliphatic heterocycles. The van der Waals surface area contributed by atoms with Gasteiger partial charge in [0.1, 0.15) is 0 Å². The van der Waals surface area contributed by atoms with E-state index in [1.165, 1.54) is 7.11 Å². The van der Waals surface area contributed by atoms with Crippen molar-refractivity contribution in [3.8, 4) is 0 Å². The zero-order valence-corrected chi connectivity index (χ0v) is 14.1. The molecule has 2 heterocycles. The third-order valence-electron chi connectivity index (χ3n) is 4.15. The number of esters is 1. The van der Waals surface area contributed by atoms with Crippen molar-refractivity contribution in [2.75, 3.05) is 30.4 Å². The van der Waals surface area contributed by atoms with E-state index in [-0.39, 0.29) is 6.03 Å². The normalized spacial score (nSPS) is 13.6. The summed E-state index contributed by atoms with van der Waals surface area (Å²) in [5.74, 6) is -0.435. The fraction of sp³-hybridized carbons (Fsp3) is 0.333. The van der Waals surface area contributed by atoms with Gasteiger partial charge in [0.2, 0.25) is 0 Å². The smallest absolute Gasteiger partial charge is 0.337 e. The summed E-state index contributed by atoms with van der Waals surface area (Å²) in [7, 11) is 1.33. The number of ether oxygens (including phenoxy) is 1. The number of urea groups is 1. The Balaban J connectivity index is 1.75. The van der Waals surface area contributed by atoms with Gasteiger partial charge in [-0.05, 0) is 37.1 Å². The zero-order valence-electron chi connectivity index (χ0n) is 14.1. The average Bonchev–Trinajstić information content (AvgIpc) is 3.33. The van der Waals surface area contributed by atoms with Crippen LogP contribution in [0.15, 0.2) is 41.2 Å². The first-order valence-corrected chi connectivity index (χ1v) is 8.20. The van der Waals surface area contributed by atoms with Crippen LogP contribution in [0.5, 0.6) is 0 Å². The van der Waals surface area contributed by atoms with Crippen molar-refractivity contribution in [3.05, 3.63) is 47.9 Å². The van der Waals surface area contributed by atoms with E-state index in [0.717, 1.165) is 37.2 Å². The largest absolute Gasteiger partial charge is 0.472 e. The van der Waals surface area contributed by atoms with Crippen LogP contribution < -0.4 is 15.5 Å². The molecule has 1 fully saturated rings. The van der Waals surface area contributed by atoms with Crippen LogP contribution >= 0.6 is 0 Å². The van der Waals surface area contributed by atoms with Crippen LogP contribution in [0.25, 0.3) is 0 Å². The van der Waals surface area contributed by atoms with Gasteiger partial charge in [0.15, 0.2) is 0 Å². The van der Waals surface area contributed by atoms with Crippen LogP contribution in [-0.2, 0) is 11.3 Å². The van der Waals surface area contributed by atoms with Gasteiger partial charge in [-0.3, -0.25) is 0 Å². The number of methoxy groups -OCH3 is 1. The van der Waals surface area contributed by atoms with E-state index >= 15 is 0 Å². The topological polar surface area (TPSA) is 83.8 Å². The lowest BCUT2D eigenvalue weighted by atomic mass is 10.1. The summed E-state index contributed by atoms with van der Waals surface area (Å²) >= 11 is 0. The van der Waals surface area contributed by atoms with Crippen LogP contribution in [0, 0.1) is 0 Å². The molecule has 2 N–H and O–H groups in total. The second kappa shape index (κ2) is 7.74. The second-order valence-corrected chi connectivity index (χ2v) is 5.86. The first-order valence-electron chi connectivity index (χ1n) is 8.20. The lowest BCUT2D eigenvalue weighted by Crippen LogP contribution is -2.29. The molecule has 0 radical (unpaired) electrons. The van der Waals surface area contributed by atoms with Crippen molar-refractivity contribution in [3.63, 3.8) is 0 Å². The standard InChI is InChI=1S/C18H21N3O4/c1-24-17(22)14-4-5-16(21-7-2-3-8-21)15(10-14)20-18(23)19-11-13-6-9-25-12-13/h4-6,9-10,12H,2-3,7-8,11H2,1H3,(H2,19,20,23). The summed E-state index contributed by atoms with van der Waals surface area (Å²) in [4.78, 5) is 26.2. The molecule has 1 aromatic heterocycles. The minimum Gasteiger partial charge on any atom is -0.472 e. The molecule has 2 amide bonds. The number of carbonyl (C=O) groups excluding carboxylic acids is 2. The SMILES string of the molecule is COC(=O)c1ccc(N2CCCC2)c(NC(=O)NCc2ccoc2)c1. The highest BCUT2D eigenvalue weighted by atomic mass is 16.5. The first kappa shape index (κ1) is 16.9. The monoisotopic (exact) mass is 343 g/mol. The number of carbonyl (C=O) groups is 2. The van der Waals surface area contributed by atoms with Gasteiger partial charge in [-0.25, -0.2) is 9.59 Å². The maximum atomic E-state index is 12.2. The van der Waals surface area contributed by atoms with Gasteiger partial charge >= 0.3 is 12.0 Å². The Morgan fingerprint density at radius 1 is 1.24 bits per heavy atom. The Kier molecular flexibility index (Phi) is 5.23. The number of rotatable bonds is 5. The van der Waals surface area contributed by atoms with E-state index < -0.39 is 5.97 Å². The van der Waals surface area contributed by atoms with E-state index in [9.17, 15) is 9.59 Å². The molecule has 7 heteroatoms. The number of hydrogen-bond donors (Lipinski definition) is 2. The quantitative estimate of drug-likeness (QED) is 0.816. The average molecular weight is 343 g/mol. The molecule has 1 aromatic carbocycles. The van der Waals surface area contributed by atoms with Crippen molar-refractivity contribution in [1.29, 1.82) is 0 Å². The summed E-state index contributed by atoms with van der Waals surface area (Å²) in [6, 6.07) is 6.66. The maximum absolute atomic E-state index is 12.2. The molecule has 0 saturated carbocycles. The van der Waals surface area contributed by atoms with Gasteiger partial charge in [0, 0.05) is 25.2 Å². The van der Waals surface area contributed by atoms with Gasteiger partial charge in [-0.2, -0.15) is 0 Å². The molecule has 132 valence electrons. The molecule has 0 spiro atoms. The minimum atomic E-state index is -0.435. The van der Waals surface area contributed by atoms with Crippen LogP contribution in [0.1, 0.15) is 28.8 Å². The highest BCUT2D eigenvalue weighted by Gasteiger charge is 2.19. The fourth-order valence-corrected chi connectivity index (χ4v) is 2.86. The number of benzene rings is 1. The van der Waals surface area contributed by atoms with Gasteiger partial charge in [0.25, 0.3) is 0 Å². The van der Waals surface area contributed by atoms with Crippen LogP contribution in [0.4, 0.5) is 16.2 Å². The van der Waals surface area contributed by atoms with E-state index in [2.05, 4.69) is 15.5 Å². The van der Waals surface area contributed by atoms with Crippen molar-refractivity contribution < 1.29 is 18.7 Å². The van der Waals surface area contributed by atoms with Gasteiger partial charge in [-0.1, -0.05) is 0 Å². The molecule has 25 heavy (non-hydrogen) atoms. The van der Waals surface area contributed by atoms with Crippen molar-refractivity contribution in [2.45, 2.75) is 19.4 Å². The Hall–Kier alpha value is -2.96. The van der Waals surface area contributed by atoms with Crippen molar-refractivity contribution in [1.82, 2.24) is 5.32 Å². The molecule has 0 atom stereocenters. The van der Waals surface area contributed by atoms with Gasteiger partial charge in [-0.15, -0.1) is 0 Å². The van der Waals surface area contributed by atoms with E-state index in [1.54, 1.807) is 30.7 Å². The molecule has 3 rings (SSSR count). The Morgan fingerprint density at radius 2 is 2.04 bits per heavy atom. The lowest BCUT2D eigenvalue weighted by molar-refractivity contribution is 0.0600. The number of nitrogens with one attached hydrogen (secondary N) is 2. The zero-order chi connectivity index (χ0) is 17.6. The van der Waals surface area contributed by atoms with Crippen LogP contribution in [-0.4, -0.2) is 32.2 Å². The molecule has 0 unspecified atom stereocenters. The summed E-state index contributed by atoms with van der Waals surface area (Å²) in [5.41, 5.74) is 2.77. The molecular formula is C18H21N3O4. The van der Waals surface area contributed by atoms with E-state index in [4.69, 9.17) is 9.15 Å². The van der Waals surface area contributed by atoms with Crippen molar-refractivity contribution in [2.24, 2.45) is 0 Å². The highest BCUT2D eigenvalue weighted by molar-refractivity contribution is 5.97. The Labute approximate surface area is 145 Å². The number of furan rings is 1. The molecule has 1 aliphatic rings. The number of anilines is 2. The molecular weight excluding hydrogens is 322 g/mol. The van der Waals surface area contributed by atoms with E-state index in [1.807, 2.05) is 6.07 Å². The molecule has 0 bridgehead atoms. The first-order chi connectivity index (χ1) is 12.2. The van der Waals surface area contributed by atoms with Crippen LogP contribution in [0.3, 0.4) is 0 Å². The minimum absolute atomic E-state index is 0.344. The maximum Gasteiger partial charge on any atom is 0.337 e. The summed E-state index contributed by atoms with van der Waals surface area (Å²) in [6.07, 6.45) is 5.36. The van der Waals surface area contributed by atoms with Gasteiger partial charge in [0.05, 0.1) is 36.6 Å². The molecule has 2 aromatic rings. The third-order valence-corrected chi connectivity index (χ3v) is 4.15. The summed E-state index contributed by atoms with van der Waals surface area (Å²) in [5, 5.41) is 5.61. The molecule has 1 saturated heterocycles. The molecule has 0 aliphatic carbocycles. The van der Waals surface area contributed by atoms with Crippen LogP contribution in [0.2, 0.25) is 0 Å². The van der Waals surface area contributed by atoms with Gasteiger partial charge < -0.3 is 24.7 Å². The second-order valence-electron chi connectivity index (χ2n) is 5.86. The predicted molar refractivity (Wildman–Crippen MR) is 93.8 cm³/mol. The predicted octanol–water partition coefficient (Wildman–Crippen LogP) is 2.99. The Morgan fingerprint density at radius 3 is 2.72 bits per heavy atom. The van der Waals surface area contributed by atoms with E-state index in [0.29, 0.717) is 17.8 Å². The fourth-order valence-electron chi connectivity index (χ4n) is 2.86. The summed E-state index contributed by atoms with van der Waals surface area (Å²) < 4.78 is 9.74. The number of nitrogens with zero attached hydrogens (tertiary/aromatic N) is 1. The third kappa shape index (κ3) is 4.12. The lowest BCUT2D eigenvalue weighted by Gasteiger charge is -2.22. The highest BCUT2D eigenvalue weighted by Crippen LogP contribution is 2.30. The summed E-state index contributed by atoms with van der Waals surface area (Å²) in [6.45, 7) is 2.23. The Bertz CT molecular complexity index is 737. The number of hydrogen-bond acceptors (Lipinski definition) is 5. The molecule has 7 nitrogen and oxygen atoms in total.